The summed E-state index contributed by atoms with van der Waals surface area (Å²) in [6, 6.07) is 11.8. The number of hydrogen-bond donors (Lipinski definition) is 0. The molecule has 0 spiro atoms. The summed E-state index contributed by atoms with van der Waals surface area (Å²) in [5.41, 5.74) is 1.45. The maximum Gasteiger partial charge on any atom is 0.273 e. The zero-order valence-corrected chi connectivity index (χ0v) is 14.1. The van der Waals surface area contributed by atoms with E-state index in [0.29, 0.717) is 24.7 Å². The maximum absolute atomic E-state index is 12.4. The Morgan fingerprint density at radius 1 is 1.25 bits per heavy atom. The van der Waals surface area contributed by atoms with Crippen LogP contribution in [0.5, 0.6) is 5.88 Å². The standard InChI is InChI=1S/C18H17N3O2S/c1-12-19-16(11-24-12)18(22)21-9-8-14(10-21)23-17-7-6-13-4-2-3-5-15(13)20-17/h2-7,11,14H,8-10H2,1H3/t14-/m0/s1. The number of thiazole rings is 1. The summed E-state index contributed by atoms with van der Waals surface area (Å²) in [4.78, 5) is 23.0. The minimum Gasteiger partial charge on any atom is -0.472 e. The molecule has 1 saturated heterocycles. The van der Waals surface area contributed by atoms with E-state index in [2.05, 4.69) is 9.97 Å². The van der Waals surface area contributed by atoms with E-state index in [4.69, 9.17) is 4.74 Å². The number of pyridine rings is 1. The molecule has 0 saturated carbocycles. The lowest BCUT2D eigenvalue weighted by molar-refractivity contribution is 0.0766. The first kappa shape index (κ1) is 15.1. The second-order valence-corrected chi connectivity index (χ2v) is 6.94. The molecule has 5 nitrogen and oxygen atoms in total. The van der Waals surface area contributed by atoms with Gasteiger partial charge in [-0.1, -0.05) is 18.2 Å². The molecule has 6 heteroatoms. The summed E-state index contributed by atoms with van der Waals surface area (Å²) < 4.78 is 5.98. The Labute approximate surface area is 143 Å². The number of nitrogens with zero attached hydrogens (tertiary/aromatic N) is 3. The Bertz CT molecular complexity index is 893. The molecule has 1 aromatic carbocycles. The van der Waals surface area contributed by atoms with E-state index >= 15 is 0 Å². The van der Waals surface area contributed by atoms with Crippen LogP contribution in [0.1, 0.15) is 21.9 Å². The van der Waals surface area contributed by atoms with Crippen molar-refractivity contribution in [3.63, 3.8) is 0 Å². The SMILES string of the molecule is Cc1nc(C(=O)N2CC[C@H](Oc3ccc4ccccc4n3)C2)cs1. The predicted octanol–water partition coefficient (Wildman–Crippen LogP) is 3.29. The van der Waals surface area contributed by atoms with E-state index in [-0.39, 0.29) is 12.0 Å². The summed E-state index contributed by atoms with van der Waals surface area (Å²) in [5.74, 6) is 0.592. The van der Waals surface area contributed by atoms with Gasteiger partial charge in [-0.2, -0.15) is 0 Å². The minimum absolute atomic E-state index is 0.0167. The molecule has 0 bridgehead atoms. The number of aryl methyl sites for hydroxylation is 1. The van der Waals surface area contributed by atoms with E-state index in [0.717, 1.165) is 22.3 Å². The first-order valence-electron chi connectivity index (χ1n) is 7.93. The zero-order valence-electron chi connectivity index (χ0n) is 13.3. The van der Waals surface area contributed by atoms with Crippen molar-refractivity contribution >= 4 is 28.1 Å². The monoisotopic (exact) mass is 339 g/mol. The van der Waals surface area contributed by atoms with Crippen LogP contribution in [0.3, 0.4) is 0 Å². The zero-order chi connectivity index (χ0) is 16.5. The van der Waals surface area contributed by atoms with Gasteiger partial charge >= 0.3 is 0 Å². The van der Waals surface area contributed by atoms with Crippen molar-refractivity contribution in [2.75, 3.05) is 13.1 Å². The number of fused-ring (bicyclic) bond motifs is 1. The minimum atomic E-state index is -0.0256. The highest BCUT2D eigenvalue weighted by molar-refractivity contribution is 7.09. The van der Waals surface area contributed by atoms with Gasteiger partial charge in [-0.05, 0) is 19.1 Å². The highest BCUT2D eigenvalue weighted by Crippen LogP contribution is 2.21. The average molecular weight is 339 g/mol. The third-order valence-corrected chi connectivity index (χ3v) is 4.90. The molecule has 1 amide bonds. The van der Waals surface area contributed by atoms with Gasteiger partial charge in [-0.15, -0.1) is 11.3 Å². The number of carbonyl (C=O) groups is 1. The lowest BCUT2D eigenvalue weighted by atomic mass is 10.2. The molecule has 1 aliphatic heterocycles. The molecule has 2 aromatic heterocycles. The number of hydrogen-bond acceptors (Lipinski definition) is 5. The Balaban J connectivity index is 1.43. The van der Waals surface area contributed by atoms with Gasteiger partial charge in [0.15, 0.2) is 0 Å². The highest BCUT2D eigenvalue weighted by Gasteiger charge is 2.29. The molecule has 3 heterocycles. The number of rotatable bonds is 3. The normalized spacial score (nSPS) is 17.4. The van der Waals surface area contributed by atoms with Crippen molar-refractivity contribution in [3.05, 3.63) is 52.5 Å². The number of carbonyl (C=O) groups excluding carboxylic acids is 1. The summed E-state index contributed by atoms with van der Waals surface area (Å²) in [6.45, 7) is 3.17. The highest BCUT2D eigenvalue weighted by atomic mass is 32.1. The van der Waals surface area contributed by atoms with Crippen molar-refractivity contribution in [1.82, 2.24) is 14.9 Å². The van der Waals surface area contributed by atoms with Crippen LogP contribution in [-0.2, 0) is 0 Å². The van der Waals surface area contributed by atoms with E-state index in [1.807, 2.05) is 48.7 Å². The van der Waals surface area contributed by atoms with Crippen LogP contribution in [0, 0.1) is 6.92 Å². The van der Waals surface area contributed by atoms with E-state index in [1.54, 1.807) is 4.90 Å². The Morgan fingerprint density at radius 2 is 2.12 bits per heavy atom. The molecule has 0 N–H and O–H groups in total. The summed E-state index contributed by atoms with van der Waals surface area (Å²) in [5, 5.41) is 3.81. The van der Waals surface area contributed by atoms with Crippen molar-refractivity contribution in [2.24, 2.45) is 0 Å². The van der Waals surface area contributed by atoms with Crippen molar-refractivity contribution in [3.8, 4) is 5.88 Å². The van der Waals surface area contributed by atoms with Crippen LogP contribution < -0.4 is 4.74 Å². The van der Waals surface area contributed by atoms with Crippen molar-refractivity contribution in [1.29, 1.82) is 0 Å². The number of aromatic nitrogens is 2. The number of para-hydroxylation sites is 1. The predicted molar refractivity (Wildman–Crippen MR) is 93.5 cm³/mol. The molecule has 0 aliphatic carbocycles. The molecule has 4 rings (SSSR count). The topological polar surface area (TPSA) is 55.3 Å². The van der Waals surface area contributed by atoms with Crippen LogP contribution in [0.2, 0.25) is 0 Å². The van der Waals surface area contributed by atoms with Crippen LogP contribution in [0.4, 0.5) is 0 Å². The smallest absolute Gasteiger partial charge is 0.273 e. The number of ether oxygens (including phenoxy) is 1. The van der Waals surface area contributed by atoms with Gasteiger partial charge in [0.2, 0.25) is 5.88 Å². The molecule has 122 valence electrons. The van der Waals surface area contributed by atoms with Gasteiger partial charge in [-0.3, -0.25) is 4.79 Å². The van der Waals surface area contributed by atoms with Gasteiger partial charge in [0, 0.05) is 29.8 Å². The van der Waals surface area contributed by atoms with Crippen molar-refractivity contribution < 1.29 is 9.53 Å². The average Bonchev–Trinajstić information content (AvgIpc) is 3.23. The second kappa shape index (κ2) is 6.20. The van der Waals surface area contributed by atoms with Gasteiger partial charge in [0.05, 0.1) is 17.1 Å². The molecule has 24 heavy (non-hydrogen) atoms. The Kier molecular flexibility index (Phi) is 3.90. The van der Waals surface area contributed by atoms with Crippen LogP contribution in [-0.4, -0.2) is 40.0 Å². The van der Waals surface area contributed by atoms with E-state index in [1.165, 1.54) is 11.3 Å². The summed E-state index contributed by atoms with van der Waals surface area (Å²) in [7, 11) is 0. The molecule has 0 unspecified atom stereocenters. The lowest BCUT2D eigenvalue weighted by Gasteiger charge is -2.16. The first-order chi connectivity index (χ1) is 11.7. The second-order valence-electron chi connectivity index (χ2n) is 5.87. The van der Waals surface area contributed by atoms with Crippen molar-refractivity contribution in [2.45, 2.75) is 19.4 Å². The summed E-state index contributed by atoms with van der Waals surface area (Å²) >= 11 is 1.50. The first-order valence-corrected chi connectivity index (χ1v) is 8.81. The molecule has 0 radical (unpaired) electrons. The fourth-order valence-electron chi connectivity index (χ4n) is 2.92. The molecule has 1 fully saturated rings. The third-order valence-electron chi connectivity index (χ3n) is 4.13. The van der Waals surface area contributed by atoms with E-state index in [9.17, 15) is 4.79 Å². The molecular formula is C18H17N3O2S. The van der Waals surface area contributed by atoms with Gasteiger partial charge in [-0.25, -0.2) is 9.97 Å². The summed E-state index contributed by atoms with van der Waals surface area (Å²) in [6.07, 6.45) is 0.783. The third kappa shape index (κ3) is 2.97. The molecule has 3 aromatic rings. The van der Waals surface area contributed by atoms with Crippen LogP contribution in [0.25, 0.3) is 10.9 Å². The largest absolute Gasteiger partial charge is 0.472 e. The maximum atomic E-state index is 12.4. The number of benzene rings is 1. The number of amides is 1. The van der Waals surface area contributed by atoms with E-state index < -0.39 is 0 Å². The molecular weight excluding hydrogens is 322 g/mol. The van der Waals surface area contributed by atoms with Gasteiger partial charge in [0.25, 0.3) is 5.91 Å². The number of likely N-dealkylation sites (tertiary alicyclic amines) is 1. The Morgan fingerprint density at radius 3 is 2.96 bits per heavy atom. The molecule has 1 aliphatic rings. The Hall–Kier alpha value is -2.47. The fourth-order valence-corrected chi connectivity index (χ4v) is 3.50. The lowest BCUT2D eigenvalue weighted by Crippen LogP contribution is -2.31. The van der Waals surface area contributed by atoms with Gasteiger partial charge < -0.3 is 9.64 Å². The van der Waals surface area contributed by atoms with Crippen LogP contribution >= 0.6 is 11.3 Å². The van der Waals surface area contributed by atoms with Crippen LogP contribution in [0.15, 0.2) is 41.8 Å². The molecule has 1 atom stereocenters. The fraction of sp³-hybridized carbons (Fsp3) is 0.278. The quantitative estimate of drug-likeness (QED) is 0.735. The van der Waals surface area contributed by atoms with Gasteiger partial charge in [0.1, 0.15) is 11.8 Å².